The first-order valence-corrected chi connectivity index (χ1v) is 12.0. The lowest BCUT2D eigenvalue weighted by Crippen LogP contribution is -2.44. The number of nitrogens with one attached hydrogen (secondary N) is 1. The first-order chi connectivity index (χ1) is 16.4. The number of anilines is 1. The number of fused-ring (bicyclic) bond motifs is 1. The average Bonchev–Trinajstić information content (AvgIpc) is 3.12. The van der Waals surface area contributed by atoms with Gasteiger partial charge in [0.2, 0.25) is 5.91 Å². The summed E-state index contributed by atoms with van der Waals surface area (Å²) in [5, 5.41) is 2.82. The molecule has 1 fully saturated rings. The van der Waals surface area contributed by atoms with Crippen LogP contribution < -0.4 is 10.9 Å². The fourth-order valence-electron chi connectivity index (χ4n) is 4.53. The minimum atomic E-state index is -4.47. The average molecular weight is 507 g/mol. The van der Waals surface area contributed by atoms with E-state index < -0.39 is 23.2 Å². The number of alkyl halides is 3. The van der Waals surface area contributed by atoms with Gasteiger partial charge >= 0.3 is 6.18 Å². The Morgan fingerprint density at radius 2 is 1.77 bits per heavy atom. The van der Waals surface area contributed by atoms with Crippen LogP contribution in [0.3, 0.4) is 0 Å². The summed E-state index contributed by atoms with van der Waals surface area (Å²) in [4.78, 5) is 45.4. The Morgan fingerprint density at radius 3 is 2.37 bits per heavy atom. The molecule has 7 nitrogen and oxygen atoms in total. The van der Waals surface area contributed by atoms with E-state index in [4.69, 9.17) is 0 Å². The Balaban J connectivity index is 1.55. The van der Waals surface area contributed by atoms with Gasteiger partial charge in [0.25, 0.3) is 11.5 Å². The Morgan fingerprint density at radius 1 is 1.14 bits per heavy atom. The molecule has 1 aromatic carbocycles. The first kappa shape index (κ1) is 24.9. The third-order valence-corrected chi connectivity index (χ3v) is 7.32. The van der Waals surface area contributed by atoms with Crippen molar-refractivity contribution in [1.29, 1.82) is 0 Å². The fourth-order valence-corrected chi connectivity index (χ4v) is 5.57. The third-order valence-electron chi connectivity index (χ3n) is 6.12. The molecule has 2 aromatic heterocycles. The molecule has 3 heterocycles. The standard InChI is InChI=1S/C24H25F3N4O3S/c1-13-8-14(2)10-30(9-13)18(32)11-31-12-28-22-19(23(31)34)15(3)20(35-22)21(33)29-17-6-4-16(5-7-17)24(25,26)27/h4-7,12-14H,8-11H2,1-3H3,(H,29,33)/t13-,14-/m0/s1. The molecule has 2 amide bonds. The Kier molecular flexibility index (Phi) is 6.72. The predicted molar refractivity (Wildman–Crippen MR) is 128 cm³/mol. The van der Waals surface area contributed by atoms with Crippen LogP contribution in [0, 0.1) is 18.8 Å². The maximum atomic E-state index is 13.1. The molecule has 35 heavy (non-hydrogen) atoms. The number of aryl methyl sites for hydroxylation is 1. The van der Waals surface area contributed by atoms with Crippen molar-refractivity contribution in [3.05, 3.63) is 57.0 Å². The topological polar surface area (TPSA) is 84.3 Å². The van der Waals surface area contributed by atoms with Gasteiger partial charge in [-0.15, -0.1) is 11.3 Å². The van der Waals surface area contributed by atoms with Gasteiger partial charge in [0.15, 0.2) is 0 Å². The van der Waals surface area contributed by atoms with Crippen molar-refractivity contribution in [1.82, 2.24) is 14.5 Å². The number of aromatic nitrogens is 2. The zero-order chi connectivity index (χ0) is 25.5. The summed E-state index contributed by atoms with van der Waals surface area (Å²) in [6, 6.07) is 4.11. The van der Waals surface area contributed by atoms with E-state index in [1.165, 1.54) is 23.0 Å². The van der Waals surface area contributed by atoms with E-state index in [0.717, 1.165) is 29.9 Å². The number of halogens is 3. The van der Waals surface area contributed by atoms with Crippen LogP contribution in [0.1, 0.15) is 41.1 Å². The smallest absolute Gasteiger partial charge is 0.341 e. The van der Waals surface area contributed by atoms with E-state index >= 15 is 0 Å². The van der Waals surface area contributed by atoms with Crippen molar-refractivity contribution in [3.8, 4) is 0 Å². The van der Waals surface area contributed by atoms with E-state index in [-0.39, 0.29) is 28.4 Å². The number of amides is 2. The van der Waals surface area contributed by atoms with Gasteiger partial charge < -0.3 is 10.2 Å². The van der Waals surface area contributed by atoms with E-state index in [0.29, 0.717) is 35.3 Å². The molecule has 0 saturated carbocycles. The van der Waals surface area contributed by atoms with E-state index in [2.05, 4.69) is 24.1 Å². The van der Waals surface area contributed by atoms with Crippen molar-refractivity contribution in [2.75, 3.05) is 18.4 Å². The molecule has 3 aromatic rings. The SMILES string of the molecule is Cc1c(C(=O)Nc2ccc(C(F)(F)F)cc2)sc2ncn(CC(=O)N3C[C@@H](C)C[C@H](C)C3)c(=O)c12. The molecule has 0 unspecified atom stereocenters. The molecule has 186 valence electrons. The molecular formula is C24H25F3N4O3S. The van der Waals surface area contributed by atoms with Crippen LogP contribution in [0.4, 0.5) is 18.9 Å². The fraction of sp³-hybridized carbons (Fsp3) is 0.417. The number of thiophene rings is 1. The molecule has 0 bridgehead atoms. The van der Waals surface area contributed by atoms with Gasteiger partial charge in [0, 0.05) is 18.8 Å². The molecule has 0 aliphatic carbocycles. The lowest BCUT2D eigenvalue weighted by atomic mass is 9.92. The summed E-state index contributed by atoms with van der Waals surface area (Å²) < 4.78 is 39.5. The summed E-state index contributed by atoms with van der Waals surface area (Å²) in [5.41, 5.74) is -0.625. The van der Waals surface area contributed by atoms with Gasteiger partial charge in [-0.25, -0.2) is 4.98 Å². The maximum Gasteiger partial charge on any atom is 0.416 e. The molecule has 4 rings (SSSR count). The van der Waals surface area contributed by atoms with Crippen molar-refractivity contribution in [2.45, 2.75) is 39.9 Å². The first-order valence-electron chi connectivity index (χ1n) is 11.2. The quantitative estimate of drug-likeness (QED) is 0.563. The number of hydrogen-bond acceptors (Lipinski definition) is 5. The number of carbonyl (C=O) groups excluding carboxylic acids is 2. The van der Waals surface area contributed by atoms with E-state index in [1.54, 1.807) is 11.8 Å². The van der Waals surface area contributed by atoms with Crippen LogP contribution in [0.2, 0.25) is 0 Å². The third kappa shape index (κ3) is 5.24. The highest BCUT2D eigenvalue weighted by molar-refractivity contribution is 7.20. The van der Waals surface area contributed by atoms with Gasteiger partial charge in [-0.1, -0.05) is 13.8 Å². The minimum Gasteiger partial charge on any atom is -0.341 e. The van der Waals surface area contributed by atoms with E-state index in [1.807, 2.05) is 0 Å². The van der Waals surface area contributed by atoms with Crippen LogP contribution in [0.15, 0.2) is 35.4 Å². The van der Waals surface area contributed by atoms with Gasteiger partial charge in [-0.3, -0.25) is 19.0 Å². The molecule has 11 heteroatoms. The number of carbonyl (C=O) groups is 2. The number of piperidine rings is 1. The molecule has 1 N–H and O–H groups in total. The predicted octanol–water partition coefficient (Wildman–Crippen LogP) is 4.54. The molecule has 0 spiro atoms. The second-order valence-corrected chi connectivity index (χ2v) is 10.2. The highest BCUT2D eigenvalue weighted by Crippen LogP contribution is 2.31. The second-order valence-electron chi connectivity index (χ2n) is 9.19. The molecule has 1 aliphatic rings. The highest BCUT2D eigenvalue weighted by atomic mass is 32.1. The van der Waals surface area contributed by atoms with Gasteiger partial charge in [-0.2, -0.15) is 13.2 Å². The highest BCUT2D eigenvalue weighted by Gasteiger charge is 2.30. The number of likely N-dealkylation sites (tertiary alicyclic amines) is 1. The van der Waals surface area contributed by atoms with E-state index in [9.17, 15) is 27.6 Å². The number of rotatable bonds is 4. The summed E-state index contributed by atoms with van der Waals surface area (Å²) in [6.07, 6.45) is -2.10. The monoisotopic (exact) mass is 506 g/mol. The second kappa shape index (κ2) is 9.44. The number of nitrogens with zero attached hydrogens (tertiary/aromatic N) is 3. The largest absolute Gasteiger partial charge is 0.416 e. The summed E-state index contributed by atoms with van der Waals surface area (Å²) in [6.45, 7) is 6.98. The Labute approximate surface area is 203 Å². The Bertz CT molecular complexity index is 1320. The van der Waals surface area contributed by atoms with Gasteiger partial charge in [-0.05, 0) is 55.0 Å². The normalized spacial score (nSPS) is 18.6. The minimum absolute atomic E-state index is 0.135. The molecular weight excluding hydrogens is 481 g/mol. The molecule has 1 aliphatic heterocycles. The number of hydrogen-bond donors (Lipinski definition) is 1. The molecule has 0 radical (unpaired) electrons. The van der Waals surface area contributed by atoms with Gasteiger partial charge in [0.05, 0.1) is 22.2 Å². The zero-order valence-electron chi connectivity index (χ0n) is 19.5. The van der Waals surface area contributed by atoms with Crippen molar-refractivity contribution >= 4 is 39.1 Å². The van der Waals surface area contributed by atoms with Crippen molar-refractivity contribution in [2.24, 2.45) is 11.8 Å². The van der Waals surface area contributed by atoms with Gasteiger partial charge in [0.1, 0.15) is 11.4 Å². The zero-order valence-corrected chi connectivity index (χ0v) is 20.3. The molecule has 2 atom stereocenters. The molecule has 1 saturated heterocycles. The van der Waals surface area contributed by atoms with Crippen LogP contribution in [-0.4, -0.2) is 39.4 Å². The summed E-state index contributed by atoms with van der Waals surface area (Å²) >= 11 is 1.02. The summed E-state index contributed by atoms with van der Waals surface area (Å²) in [5.74, 6) is 0.0816. The van der Waals surface area contributed by atoms with Crippen molar-refractivity contribution in [3.63, 3.8) is 0 Å². The number of benzene rings is 1. The van der Waals surface area contributed by atoms with Crippen LogP contribution >= 0.6 is 11.3 Å². The van der Waals surface area contributed by atoms with Crippen LogP contribution in [0.5, 0.6) is 0 Å². The maximum absolute atomic E-state index is 13.1. The Hall–Kier alpha value is -3.21. The summed E-state index contributed by atoms with van der Waals surface area (Å²) in [7, 11) is 0. The lowest BCUT2D eigenvalue weighted by molar-refractivity contribution is -0.137. The van der Waals surface area contributed by atoms with Crippen LogP contribution in [-0.2, 0) is 17.5 Å². The lowest BCUT2D eigenvalue weighted by Gasteiger charge is -2.35. The van der Waals surface area contributed by atoms with Crippen LogP contribution in [0.25, 0.3) is 10.2 Å². The van der Waals surface area contributed by atoms with Crippen molar-refractivity contribution < 1.29 is 22.8 Å².